The van der Waals surface area contributed by atoms with E-state index in [4.69, 9.17) is 10.5 Å². The van der Waals surface area contributed by atoms with Gasteiger partial charge in [-0.3, -0.25) is 9.59 Å². The second-order valence-electron chi connectivity index (χ2n) is 9.21. The number of carbonyl (C=O) groups excluding carboxylic acids is 2. The lowest BCUT2D eigenvalue weighted by atomic mass is 9.94. The number of nitrogen functional groups attached to an aromatic ring is 1. The molecule has 4 atom stereocenters. The number of likely N-dealkylation sites (tertiary alicyclic amines) is 1. The van der Waals surface area contributed by atoms with Crippen molar-refractivity contribution in [3.05, 3.63) is 65.7 Å². The number of hydrogen-bond donors (Lipinski definition) is 3. The number of ether oxygens (including phenoxy) is 1. The van der Waals surface area contributed by atoms with Crippen LogP contribution in [0, 0.1) is 5.92 Å². The van der Waals surface area contributed by atoms with E-state index in [0.29, 0.717) is 25.1 Å². The lowest BCUT2D eigenvalue weighted by molar-refractivity contribution is -0.135. The summed E-state index contributed by atoms with van der Waals surface area (Å²) in [5, 5.41) is 6.00. The van der Waals surface area contributed by atoms with Crippen molar-refractivity contribution in [1.82, 2.24) is 15.5 Å². The van der Waals surface area contributed by atoms with E-state index in [1.54, 1.807) is 7.11 Å². The highest BCUT2D eigenvalue weighted by atomic mass is 16.5. The van der Waals surface area contributed by atoms with Crippen LogP contribution in [0.5, 0.6) is 0 Å². The van der Waals surface area contributed by atoms with Gasteiger partial charge in [0.25, 0.3) is 0 Å². The number of benzene rings is 2. The Morgan fingerprint density at radius 3 is 2.41 bits per heavy atom. The van der Waals surface area contributed by atoms with Crippen LogP contribution in [0.3, 0.4) is 0 Å². The van der Waals surface area contributed by atoms with E-state index >= 15 is 0 Å². The maximum absolute atomic E-state index is 13.2. The molecule has 0 aromatic heterocycles. The number of likely N-dealkylation sites (N-methyl/N-ethyl adjacent to an activating group) is 1. The van der Waals surface area contributed by atoms with Gasteiger partial charge in [-0.25, -0.2) is 0 Å². The first-order valence-corrected chi connectivity index (χ1v) is 12.1. The van der Waals surface area contributed by atoms with Gasteiger partial charge in [0.2, 0.25) is 11.8 Å². The largest absolute Gasteiger partial charge is 0.399 e. The van der Waals surface area contributed by atoms with Gasteiger partial charge >= 0.3 is 0 Å². The predicted octanol–water partition coefficient (Wildman–Crippen LogP) is 2.40. The topological polar surface area (TPSA) is 96.7 Å². The first-order valence-electron chi connectivity index (χ1n) is 12.1. The normalized spacial score (nSPS) is 18.7. The second kappa shape index (κ2) is 12.5. The Balaban J connectivity index is 1.64. The molecule has 2 aromatic carbocycles. The van der Waals surface area contributed by atoms with Crippen LogP contribution in [-0.2, 0) is 27.2 Å². The molecule has 0 saturated carbocycles. The number of nitrogens with one attached hydrogen (secondary N) is 2. The van der Waals surface area contributed by atoms with E-state index in [1.807, 2.05) is 61.5 Å². The Bertz CT molecular complexity index is 919. The third-order valence-corrected chi connectivity index (χ3v) is 6.74. The number of hydrogen-bond acceptors (Lipinski definition) is 5. The standard InChI is InChI=1S/C27H38N4O3/c1-19(25(34-3)24-10-7-17-31(24)2)26(32)30-23(18-21-8-5-4-6-9-21)27(33)29-16-15-20-11-13-22(28)14-12-20/h4-6,8-9,11-14,19,23-25H,7,10,15-18,28H2,1-3H3,(H,29,33)(H,30,32). The number of anilines is 1. The highest BCUT2D eigenvalue weighted by Crippen LogP contribution is 2.25. The van der Waals surface area contributed by atoms with Gasteiger partial charge in [0.05, 0.1) is 12.0 Å². The fourth-order valence-corrected chi connectivity index (χ4v) is 4.69. The van der Waals surface area contributed by atoms with Crippen molar-refractivity contribution in [3.8, 4) is 0 Å². The maximum atomic E-state index is 13.2. The number of amides is 2. The SMILES string of the molecule is COC(C(C)C(=O)NC(Cc1ccccc1)C(=O)NCCc1ccc(N)cc1)C1CCCN1C. The first kappa shape index (κ1) is 25.7. The van der Waals surface area contributed by atoms with E-state index in [9.17, 15) is 9.59 Å². The number of nitrogens with zero attached hydrogens (tertiary/aromatic N) is 1. The molecule has 34 heavy (non-hydrogen) atoms. The molecule has 7 heteroatoms. The highest BCUT2D eigenvalue weighted by Gasteiger charge is 2.37. The fourth-order valence-electron chi connectivity index (χ4n) is 4.69. The average Bonchev–Trinajstić information content (AvgIpc) is 3.26. The van der Waals surface area contributed by atoms with Gasteiger partial charge in [-0.1, -0.05) is 49.4 Å². The molecular formula is C27H38N4O3. The van der Waals surface area contributed by atoms with Crippen LogP contribution in [0.2, 0.25) is 0 Å². The van der Waals surface area contributed by atoms with Crippen molar-refractivity contribution < 1.29 is 14.3 Å². The monoisotopic (exact) mass is 466 g/mol. The summed E-state index contributed by atoms with van der Waals surface area (Å²) in [5.41, 5.74) is 8.54. The molecule has 7 nitrogen and oxygen atoms in total. The van der Waals surface area contributed by atoms with E-state index in [2.05, 4.69) is 22.6 Å². The Hall–Kier alpha value is -2.90. The Kier molecular flexibility index (Phi) is 9.48. The molecule has 2 amide bonds. The van der Waals surface area contributed by atoms with Crippen LogP contribution in [0.1, 0.15) is 30.9 Å². The highest BCUT2D eigenvalue weighted by molar-refractivity contribution is 5.88. The summed E-state index contributed by atoms with van der Waals surface area (Å²) < 4.78 is 5.76. The Labute approximate surface area is 203 Å². The fraction of sp³-hybridized carbons (Fsp3) is 0.481. The first-order chi connectivity index (χ1) is 16.4. The average molecular weight is 467 g/mol. The van der Waals surface area contributed by atoms with Crippen LogP contribution >= 0.6 is 0 Å². The molecule has 0 radical (unpaired) electrons. The number of carbonyl (C=O) groups is 2. The lowest BCUT2D eigenvalue weighted by Gasteiger charge is -2.32. The van der Waals surface area contributed by atoms with E-state index in [0.717, 1.165) is 30.5 Å². The van der Waals surface area contributed by atoms with Crippen molar-refractivity contribution in [2.24, 2.45) is 5.92 Å². The van der Waals surface area contributed by atoms with Gasteiger partial charge in [-0.15, -0.1) is 0 Å². The number of nitrogens with two attached hydrogens (primary N) is 1. The molecule has 1 fully saturated rings. The lowest BCUT2D eigenvalue weighted by Crippen LogP contribution is -2.53. The molecule has 1 heterocycles. The summed E-state index contributed by atoms with van der Waals surface area (Å²) in [6.45, 7) is 3.37. The van der Waals surface area contributed by atoms with Gasteiger partial charge in [0, 0.05) is 31.8 Å². The zero-order chi connectivity index (χ0) is 24.5. The molecule has 0 spiro atoms. The van der Waals surface area contributed by atoms with Crippen LogP contribution in [0.15, 0.2) is 54.6 Å². The molecule has 0 bridgehead atoms. The van der Waals surface area contributed by atoms with Gasteiger partial charge in [0.15, 0.2) is 0 Å². The molecular weight excluding hydrogens is 428 g/mol. The summed E-state index contributed by atoms with van der Waals surface area (Å²) in [6, 6.07) is 16.9. The van der Waals surface area contributed by atoms with E-state index in [1.165, 1.54) is 0 Å². The molecule has 1 aliphatic heterocycles. The van der Waals surface area contributed by atoms with Gasteiger partial charge in [-0.05, 0) is 56.1 Å². The van der Waals surface area contributed by atoms with Crippen LogP contribution < -0.4 is 16.4 Å². The van der Waals surface area contributed by atoms with Gasteiger partial charge in [-0.2, -0.15) is 0 Å². The van der Waals surface area contributed by atoms with E-state index in [-0.39, 0.29) is 29.9 Å². The van der Waals surface area contributed by atoms with Gasteiger partial charge < -0.3 is 26.0 Å². The summed E-state index contributed by atoms with van der Waals surface area (Å²) in [7, 11) is 3.73. The van der Waals surface area contributed by atoms with Gasteiger partial charge in [0.1, 0.15) is 6.04 Å². The minimum Gasteiger partial charge on any atom is -0.399 e. The summed E-state index contributed by atoms with van der Waals surface area (Å²) >= 11 is 0. The molecule has 1 aliphatic rings. The minimum atomic E-state index is -0.664. The quantitative estimate of drug-likeness (QED) is 0.442. The predicted molar refractivity (Wildman–Crippen MR) is 135 cm³/mol. The molecule has 4 N–H and O–H groups in total. The van der Waals surface area contributed by atoms with Crippen molar-refractivity contribution in [1.29, 1.82) is 0 Å². The zero-order valence-electron chi connectivity index (χ0n) is 20.5. The van der Waals surface area contributed by atoms with Crippen molar-refractivity contribution in [2.45, 2.75) is 50.8 Å². The second-order valence-corrected chi connectivity index (χ2v) is 9.21. The van der Waals surface area contributed by atoms with Crippen molar-refractivity contribution >= 4 is 17.5 Å². The smallest absolute Gasteiger partial charge is 0.242 e. The molecule has 4 unspecified atom stereocenters. The summed E-state index contributed by atoms with van der Waals surface area (Å²) in [4.78, 5) is 28.6. The molecule has 0 aliphatic carbocycles. The van der Waals surface area contributed by atoms with Crippen LogP contribution in [0.4, 0.5) is 5.69 Å². The summed E-state index contributed by atoms with van der Waals surface area (Å²) in [5.74, 6) is -0.732. The van der Waals surface area contributed by atoms with Crippen molar-refractivity contribution in [3.63, 3.8) is 0 Å². The minimum absolute atomic E-state index is 0.165. The number of methoxy groups -OCH3 is 1. The number of rotatable bonds is 11. The Morgan fingerprint density at radius 1 is 1.09 bits per heavy atom. The van der Waals surface area contributed by atoms with Crippen molar-refractivity contribution in [2.75, 3.05) is 33.0 Å². The third kappa shape index (κ3) is 7.05. The van der Waals surface area contributed by atoms with Crippen LogP contribution in [0.25, 0.3) is 0 Å². The molecule has 1 saturated heterocycles. The van der Waals surface area contributed by atoms with E-state index < -0.39 is 6.04 Å². The summed E-state index contributed by atoms with van der Waals surface area (Å²) in [6.07, 6.45) is 2.99. The third-order valence-electron chi connectivity index (χ3n) is 6.74. The van der Waals surface area contributed by atoms with Crippen LogP contribution in [-0.4, -0.2) is 62.1 Å². The zero-order valence-corrected chi connectivity index (χ0v) is 20.5. The Morgan fingerprint density at radius 2 is 1.79 bits per heavy atom. The molecule has 2 aromatic rings. The molecule has 3 rings (SSSR count). The maximum Gasteiger partial charge on any atom is 0.242 e. The molecule has 184 valence electrons.